The first kappa shape index (κ1) is 28.1. The number of carbonyl (C=O) groups is 4. The second-order valence-electron chi connectivity index (χ2n) is 8.62. The van der Waals surface area contributed by atoms with Gasteiger partial charge in [-0.2, -0.15) is 0 Å². The maximum Gasteiger partial charge on any atom is 0.337 e. The van der Waals surface area contributed by atoms with Crippen molar-refractivity contribution in [3.63, 3.8) is 0 Å². The lowest BCUT2D eigenvalue weighted by molar-refractivity contribution is 0.0581. The fraction of sp³-hybridized carbons (Fsp3) is 0.267. The Morgan fingerprint density at radius 3 is 0.895 bits per heavy atom. The number of hydrogen-bond acceptors (Lipinski definition) is 8. The van der Waals surface area contributed by atoms with Crippen LogP contribution in [0.15, 0.2) is 60.7 Å². The minimum absolute atomic E-state index is 0.298. The molecule has 198 valence electrons. The van der Waals surface area contributed by atoms with Crippen molar-refractivity contribution >= 4 is 23.9 Å². The fourth-order valence-corrected chi connectivity index (χ4v) is 4.07. The van der Waals surface area contributed by atoms with Gasteiger partial charge < -0.3 is 18.9 Å². The van der Waals surface area contributed by atoms with Crippen LogP contribution in [-0.2, 0) is 44.6 Å². The molecule has 0 N–H and O–H groups in total. The van der Waals surface area contributed by atoms with E-state index in [9.17, 15) is 19.2 Å². The van der Waals surface area contributed by atoms with E-state index in [1.54, 1.807) is 24.3 Å². The van der Waals surface area contributed by atoms with Crippen molar-refractivity contribution in [2.75, 3.05) is 28.4 Å². The summed E-state index contributed by atoms with van der Waals surface area (Å²) in [7, 11) is 5.18. The Hall–Kier alpha value is -4.46. The Morgan fingerprint density at radius 2 is 0.658 bits per heavy atom. The molecular weight excluding hydrogens is 488 g/mol. The molecule has 8 nitrogen and oxygen atoms in total. The van der Waals surface area contributed by atoms with Gasteiger partial charge in [-0.15, -0.1) is 0 Å². The molecule has 0 saturated carbocycles. The molecule has 3 aromatic rings. The SMILES string of the molecule is COC(=O)c1cc(CCc2ccc(CCc3cc(C(=O)OC)cc(C(=O)OC)c3)cc2)cc(C(=O)OC)c1. The maximum absolute atomic E-state index is 12.0. The van der Waals surface area contributed by atoms with Gasteiger partial charge in [0.2, 0.25) is 0 Å². The number of benzene rings is 3. The predicted octanol–water partition coefficient (Wildman–Crippen LogP) is 4.40. The summed E-state index contributed by atoms with van der Waals surface area (Å²) >= 11 is 0. The largest absolute Gasteiger partial charge is 0.465 e. The third-order valence-corrected chi connectivity index (χ3v) is 6.10. The Balaban J connectivity index is 1.68. The summed E-state index contributed by atoms with van der Waals surface area (Å²) in [5.74, 6) is -2.07. The molecule has 0 fully saturated rings. The van der Waals surface area contributed by atoms with Crippen LogP contribution in [0.1, 0.15) is 63.7 Å². The Bertz CT molecular complexity index is 1150. The average molecular weight is 519 g/mol. The zero-order chi connectivity index (χ0) is 27.7. The molecule has 0 bridgehead atoms. The molecule has 0 aliphatic heterocycles. The Morgan fingerprint density at radius 1 is 0.421 bits per heavy atom. The third-order valence-electron chi connectivity index (χ3n) is 6.10. The van der Waals surface area contributed by atoms with E-state index in [1.165, 1.54) is 40.6 Å². The second-order valence-corrected chi connectivity index (χ2v) is 8.62. The summed E-state index contributed by atoms with van der Waals surface area (Å²) in [5, 5.41) is 0. The highest BCUT2D eigenvalue weighted by Crippen LogP contribution is 2.18. The fourth-order valence-electron chi connectivity index (χ4n) is 4.07. The van der Waals surface area contributed by atoms with Crippen molar-refractivity contribution < 1.29 is 38.1 Å². The number of esters is 4. The maximum atomic E-state index is 12.0. The van der Waals surface area contributed by atoms with E-state index in [0.29, 0.717) is 47.9 Å². The molecule has 0 aliphatic rings. The van der Waals surface area contributed by atoms with Crippen molar-refractivity contribution in [3.8, 4) is 0 Å². The molecular formula is C30H30O8. The van der Waals surface area contributed by atoms with Crippen LogP contribution in [0.4, 0.5) is 0 Å². The summed E-state index contributed by atoms with van der Waals surface area (Å²) in [6.07, 6.45) is 2.64. The first-order valence-corrected chi connectivity index (χ1v) is 12.0. The van der Waals surface area contributed by atoms with Gasteiger partial charge in [-0.05, 0) is 84.3 Å². The normalized spacial score (nSPS) is 10.4. The lowest BCUT2D eigenvalue weighted by atomic mass is 9.97. The number of methoxy groups -OCH3 is 4. The molecule has 0 spiro atoms. The van der Waals surface area contributed by atoms with Gasteiger partial charge in [-0.3, -0.25) is 0 Å². The molecule has 0 amide bonds. The molecule has 0 radical (unpaired) electrons. The number of aryl methyl sites for hydroxylation is 4. The van der Waals surface area contributed by atoms with Crippen molar-refractivity contribution in [2.45, 2.75) is 25.7 Å². The second kappa shape index (κ2) is 13.2. The van der Waals surface area contributed by atoms with E-state index in [4.69, 9.17) is 18.9 Å². The Kier molecular flexibility index (Phi) is 9.76. The molecule has 0 saturated heterocycles. The van der Waals surface area contributed by atoms with Gasteiger partial charge in [0.1, 0.15) is 0 Å². The number of hydrogen-bond donors (Lipinski definition) is 0. The van der Waals surface area contributed by atoms with E-state index in [-0.39, 0.29) is 0 Å². The van der Waals surface area contributed by atoms with Gasteiger partial charge >= 0.3 is 23.9 Å². The van der Waals surface area contributed by atoms with Crippen LogP contribution >= 0.6 is 0 Å². The van der Waals surface area contributed by atoms with Crippen molar-refractivity contribution in [1.29, 1.82) is 0 Å². The number of rotatable bonds is 10. The van der Waals surface area contributed by atoms with Gasteiger partial charge in [0.15, 0.2) is 0 Å². The number of carbonyl (C=O) groups excluding carboxylic acids is 4. The lowest BCUT2D eigenvalue weighted by Crippen LogP contribution is -2.08. The number of ether oxygens (including phenoxy) is 4. The van der Waals surface area contributed by atoms with Crippen molar-refractivity contribution in [1.82, 2.24) is 0 Å². The topological polar surface area (TPSA) is 105 Å². The van der Waals surface area contributed by atoms with E-state index in [0.717, 1.165) is 22.3 Å². The molecule has 0 heterocycles. The first-order valence-electron chi connectivity index (χ1n) is 12.0. The quantitative estimate of drug-likeness (QED) is 0.287. The zero-order valence-corrected chi connectivity index (χ0v) is 21.9. The minimum Gasteiger partial charge on any atom is -0.465 e. The summed E-state index contributed by atoms with van der Waals surface area (Å²) in [6, 6.07) is 17.9. The molecule has 0 unspecified atom stereocenters. The van der Waals surface area contributed by atoms with E-state index >= 15 is 0 Å². The molecule has 0 aliphatic carbocycles. The molecule has 0 atom stereocenters. The Labute approximate surface area is 221 Å². The molecule has 3 aromatic carbocycles. The van der Waals surface area contributed by atoms with Gasteiger partial charge in [-0.25, -0.2) is 19.2 Å². The predicted molar refractivity (Wildman–Crippen MR) is 139 cm³/mol. The summed E-state index contributed by atoms with van der Waals surface area (Å²) in [4.78, 5) is 48.1. The van der Waals surface area contributed by atoms with Crippen LogP contribution in [0, 0.1) is 0 Å². The first-order chi connectivity index (χ1) is 18.3. The zero-order valence-electron chi connectivity index (χ0n) is 21.9. The molecule has 0 aromatic heterocycles. The smallest absolute Gasteiger partial charge is 0.337 e. The van der Waals surface area contributed by atoms with Gasteiger partial charge in [-0.1, -0.05) is 24.3 Å². The molecule has 38 heavy (non-hydrogen) atoms. The standard InChI is InChI=1S/C30H30O8/c1-35-27(31)23-13-21(14-24(17-23)28(32)36-2)11-9-19-5-7-20(8-6-19)10-12-22-15-25(29(33)37-3)18-26(16-22)30(34)38-4/h5-8,13-18H,9-12H2,1-4H3. The summed E-state index contributed by atoms with van der Waals surface area (Å²) < 4.78 is 19.2. The summed E-state index contributed by atoms with van der Waals surface area (Å²) in [5.41, 5.74) is 5.03. The van der Waals surface area contributed by atoms with Crippen LogP contribution in [-0.4, -0.2) is 52.3 Å². The van der Waals surface area contributed by atoms with Crippen molar-refractivity contribution in [3.05, 3.63) is 105 Å². The highest BCUT2D eigenvalue weighted by molar-refractivity contribution is 5.96. The molecule has 3 rings (SSSR count). The highest BCUT2D eigenvalue weighted by Gasteiger charge is 2.15. The van der Waals surface area contributed by atoms with E-state index < -0.39 is 23.9 Å². The van der Waals surface area contributed by atoms with Crippen LogP contribution in [0.3, 0.4) is 0 Å². The van der Waals surface area contributed by atoms with Crippen LogP contribution < -0.4 is 0 Å². The van der Waals surface area contributed by atoms with Crippen LogP contribution in [0.2, 0.25) is 0 Å². The third kappa shape index (κ3) is 7.29. The van der Waals surface area contributed by atoms with E-state index in [1.807, 2.05) is 24.3 Å². The van der Waals surface area contributed by atoms with E-state index in [2.05, 4.69) is 0 Å². The molecule has 8 heteroatoms. The highest BCUT2D eigenvalue weighted by atomic mass is 16.5. The van der Waals surface area contributed by atoms with Gasteiger partial charge in [0.05, 0.1) is 50.7 Å². The summed E-state index contributed by atoms with van der Waals surface area (Å²) in [6.45, 7) is 0. The average Bonchev–Trinajstić information content (AvgIpc) is 2.97. The van der Waals surface area contributed by atoms with Crippen LogP contribution in [0.25, 0.3) is 0 Å². The van der Waals surface area contributed by atoms with Crippen LogP contribution in [0.5, 0.6) is 0 Å². The monoisotopic (exact) mass is 518 g/mol. The lowest BCUT2D eigenvalue weighted by Gasteiger charge is -2.10. The minimum atomic E-state index is -0.516. The van der Waals surface area contributed by atoms with Crippen molar-refractivity contribution in [2.24, 2.45) is 0 Å². The van der Waals surface area contributed by atoms with Gasteiger partial charge in [0.25, 0.3) is 0 Å². The van der Waals surface area contributed by atoms with Gasteiger partial charge in [0, 0.05) is 0 Å².